The van der Waals surface area contributed by atoms with Gasteiger partial charge < -0.3 is 14.8 Å². The van der Waals surface area contributed by atoms with E-state index in [1.807, 2.05) is 0 Å². The molecule has 8 heteroatoms. The van der Waals surface area contributed by atoms with Crippen LogP contribution in [-0.2, 0) is 9.53 Å². The maximum Gasteiger partial charge on any atom is 0.338 e. The fourth-order valence-corrected chi connectivity index (χ4v) is 2.58. The number of hydrogen-bond donors (Lipinski definition) is 1. The third-order valence-corrected chi connectivity index (χ3v) is 3.76. The molecule has 0 saturated carbocycles. The van der Waals surface area contributed by atoms with Crippen LogP contribution in [0, 0.1) is 0 Å². The average molecular weight is 343 g/mol. The van der Waals surface area contributed by atoms with Crippen LogP contribution in [0.3, 0.4) is 0 Å². The molecule has 0 atom stereocenters. The molecule has 1 heterocycles. The molecule has 0 unspecified atom stereocenters. The van der Waals surface area contributed by atoms with Gasteiger partial charge in [0, 0.05) is 0 Å². The van der Waals surface area contributed by atoms with Crippen molar-refractivity contribution in [3.63, 3.8) is 0 Å². The molecule has 0 spiro atoms. The Morgan fingerprint density at radius 3 is 2.67 bits per heavy atom. The van der Waals surface area contributed by atoms with Gasteiger partial charge in [-0.3, -0.25) is 4.79 Å². The number of anilines is 1. The summed E-state index contributed by atoms with van der Waals surface area (Å²) in [5.41, 5.74) is 2.19. The summed E-state index contributed by atoms with van der Waals surface area (Å²) in [4.78, 5) is 23.9. The Bertz CT molecular complexity index is 876. The number of nitrogens with one attached hydrogen (secondary N) is 1. The first-order valence-electron chi connectivity index (χ1n) is 6.99. The van der Waals surface area contributed by atoms with Crippen LogP contribution in [0.25, 0.3) is 11.0 Å². The molecule has 3 rings (SSSR count). The van der Waals surface area contributed by atoms with Crippen LogP contribution in [-0.4, -0.2) is 34.3 Å². The Kier molecular flexibility index (Phi) is 4.66. The number of benzene rings is 2. The molecule has 0 radical (unpaired) electrons. The van der Waals surface area contributed by atoms with Crippen molar-refractivity contribution >= 4 is 40.3 Å². The van der Waals surface area contributed by atoms with E-state index >= 15 is 0 Å². The van der Waals surface area contributed by atoms with Crippen molar-refractivity contribution in [1.29, 1.82) is 0 Å². The monoisotopic (exact) mass is 343 g/mol. The number of esters is 1. The molecule has 1 amide bonds. The van der Waals surface area contributed by atoms with Gasteiger partial charge in [0.15, 0.2) is 6.61 Å². The number of hydrogen-bond acceptors (Lipinski definition) is 7. The molecular formula is C16H13N3O4S. The second-order valence-corrected chi connectivity index (χ2v) is 5.32. The Labute approximate surface area is 141 Å². The molecule has 0 fully saturated rings. The summed E-state index contributed by atoms with van der Waals surface area (Å²) < 4.78 is 18.2. The Morgan fingerprint density at radius 1 is 1.12 bits per heavy atom. The Hall–Kier alpha value is -3.00. The maximum atomic E-state index is 12.0. The van der Waals surface area contributed by atoms with Crippen molar-refractivity contribution in [3.05, 3.63) is 48.0 Å². The minimum absolute atomic E-state index is 0.342. The molecule has 0 aliphatic heterocycles. The maximum absolute atomic E-state index is 12.0. The molecule has 2 aromatic carbocycles. The van der Waals surface area contributed by atoms with Gasteiger partial charge in [-0.25, -0.2) is 4.79 Å². The number of fused-ring (bicyclic) bond motifs is 1. The van der Waals surface area contributed by atoms with Crippen molar-refractivity contribution in [2.45, 2.75) is 0 Å². The standard InChI is InChI=1S/C16H13N3O4S/c1-22-11-7-5-10(6-8-11)16(21)23-9-14(20)17-12-3-2-4-13-15(12)19-24-18-13/h2-8H,9H2,1H3,(H,17,20). The largest absolute Gasteiger partial charge is 0.497 e. The lowest BCUT2D eigenvalue weighted by atomic mass is 10.2. The number of carbonyl (C=O) groups is 2. The topological polar surface area (TPSA) is 90.4 Å². The van der Waals surface area contributed by atoms with Crippen molar-refractivity contribution in [2.24, 2.45) is 0 Å². The summed E-state index contributed by atoms with van der Waals surface area (Å²) in [5.74, 6) is -0.395. The second-order valence-electron chi connectivity index (χ2n) is 4.79. The minimum Gasteiger partial charge on any atom is -0.497 e. The normalized spacial score (nSPS) is 10.4. The summed E-state index contributed by atoms with van der Waals surface area (Å²) in [6.45, 7) is -0.390. The van der Waals surface area contributed by atoms with Crippen LogP contribution < -0.4 is 10.1 Å². The molecule has 122 valence electrons. The summed E-state index contributed by atoms with van der Waals surface area (Å²) >= 11 is 1.07. The molecule has 24 heavy (non-hydrogen) atoms. The highest BCUT2D eigenvalue weighted by Gasteiger charge is 2.12. The van der Waals surface area contributed by atoms with Crippen LogP contribution in [0.15, 0.2) is 42.5 Å². The number of ether oxygens (including phenoxy) is 2. The van der Waals surface area contributed by atoms with E-state index in [2.05, 4.69) is 14.1 Å². The summed E-state index contributed by atoms with van der Waals surface area (Å²) in [6, 6.07) is 11.7. The van der Waals surface area contributed by atoms with Crippen molar-refractivity contribution in [3.8, 4) is 5.75 Å². The summed E-state index contributed by atoms with van der Waals surface area (Å²) in [6.07, 6.45) is 0. The van der Waals surface area contributed by atoms with Crippen LogP contribution >= 0.6 is 11.7 Å². The van der Waals surface area contributed by atoms with E-state index in [0.29, 0.717) is 28.0 Å². The van der Waals surface area contributed by atoms with E-state index in [0.717, 1.165) is 11.7 Å². The number of rotatable bonds is 5. The lowest BCUT2D eigenvalue weighted by Gasteiger charge is -2.07. The van der Waals surface area contributed by atoms with Crippen LogP contribution in [0.1, 0.15) is 10.4 Å². The smallest absolute Gasteiger partial charge is 0.338 e. The lowest BCUT2D eigenvalue weighted by molar-refractivity contribution is -0.119. The van der Waals surface area contributed by atoms with Gasteiger partial charge in [0.2, 0.25) is 0 Å². The van der Waals surface area contributed by atoms with Crippen LogP contribution in [0.4, 0.5) is 5.69 Å². The van der Waals surface area contributed by atoms with E-state index < -0.39 is 18.5 Å². The summed E-state index contributed by atoms with van der Waals surface area (Å²) in [5, 5.41) is 2.66. The second kappa shape index (κ2) is 7.05. The highest BCUT2D eigenvalue weighted by atomic mass is 32.1. The van der Waals surface area contributed by atoms with E-state index in [4.69, 9.17) is 9.47 Å². The third kappa shape index (κ3) is 3.49. The van der Waals surface area contributed by atoms with Gasteiger partial charge in [-0.1, -0.05) is 6.07 Å². The first-order valence-corrected chi connectivity index (χ1v) is 7.73. The van der Waals surface area contributed by atoms with Gasteiger partial charge in [0.25, 0.3) is 5.91 Å². The minimum atomic E-state index is -0.582. The van der Waals surface area contributed by atoms with Crippen molar-refractivity contribution in [2.75, 3.05) is 19.0 Å². The molecule has 1 N–H and O–H groups in total. The number of amides is 1. The number of carbonyl (C=O) groups excluding carboxylic acids is 2. The SMILES string of the molecule is COc1ccc(C(=O)OCC(=O)Nc2cccc3nsnc23)cc1. The third-order valence-electron chi connectivity index (χ3n) is 3.22. The van der Waals surface area contributed by atoms with Gasteiger partial charge >= 0.3 is 5.97 Å². The van der Waals surface area contributed by atoms with Gasteiger partial charge in [-0.05, 0) is 36.4 Å². The Morgan fingerprint density at radius 2 is 1.92 bits per heavy atom. The average Bonchev–Trinajstić information content (AvgIpc) is 3.09. The first-order chi connectivity index (χ1) is 11.7. The molecule has 7 nitrogen and oxygen atoms in total. The van der Waals surface area contributed by atoms with Crippen molar-refractivity contribution < 1.29 is 19.1 Å². The zero-order valence-corrected chi connectivity index (χ0v) is 13.5. The highest BCUT2D eigenvalue weighted by Crippen LogP contribution is 2.21. The van der Waals surface area contributed by atoms with Crippen LogP contribution in [0.5, 0.6) is 5.75 Å². The predicted molar refractivity (Wildman–Crippen MR) is 89.3 cm³/mol. The molecule has 0 aliphatic carbocycles. The van der Waals surface area contributed by atoms with Gasteiger partial charge in [-0.2, -0.15) is 8.75 Å². The number of methoxy groups -OCH3 is 1. The zero-order valence-electron chi connectivity index (χ0n) is 12.7. The van der Waals surface area contributed by atoms with Crippen LogP contribution in [0.2, 0.25) is 0 Å². The molecule has 0 saturated heterocycles. The number of nitrogens with zero attached hydrogens (tertiary/aromatic N) is 2. The van der Waals surface area contributed by atoms with E-state index in [1.54, 1.807) is 42.5 Å². The van der Waals surface area contributed by atoms with Gasteiger partial charge in [0.05, 0.1) is 30.1 Å². The molecule has 1 aromatic heterocycles. The highest BCUT2D eigenvalue weighted by molar-refractivity contribution is 7.00. The van der Waals surface area contributed by atoms with E-state index in [-0.39, 0.29) is 0 Å². The Balaban J connectivity index is 1.59. The lowest BCUT2D eigenvalue weighted by Crippen LogP contribution is -2.21. The zero-order chi connectivity index (χ0) is 16.9. The van der Waals surface area contributed by atoms with E-state index in [1.165, 1.54) is 7.11 Å². The fourth-order valence-electron chi connectivity index (χ4n) is 2.03. The van der Waals surface area contributed by atoms with Gasteiger partial charge in [0.1, 0.15) is 16.8 Å². The fraction of sp³-hybridized carbons (Fsp3) is 0.125. The summed E-state index contributed by atoms with van der Waals surface area (Å²) in [7, 11) is 1.54. The van der Waals surface area contributed by atoms with Gasteiger partial charge in [-0.15, -0.1) is 0 Å². The molecular weight excluding hydrogens is 330 g/mol. The molecule has 0 aliphatic rings. The number of aromatic nitrogens is 2. The quantitative estimate of drug-likeness (QED) is 0.716. The first kappa shape index (κ1) is 15.9. The van der Waals surface area contributed by atoms with Crippen molar-refractivity contribution in [1.82, 2.24) is 8.75 Å². The van der Waals surface area contributed by atoms with E-state index in [9.17, 15) is 9.59 Å². The molecule has 3 aromatic rings. The predicted octanol–water partition coefficient (Wildman–Crippen LogP) is 2.50. The molecule has 0 bridgehead atoms.